The Kier molecular flexibility index (Phi) is 3.49. The van der Waals surface area contributed by atoms with Gasteiger partial charge in [0.15, 0.2) is 5.84 Å². The third-order valence-electron chi connectivity index (χ3n) is 1.53. The molecule has 8 heteroatoms. The minimum atomic E-state index is -0.645. The standard InChI is InChI=1S/C7H11N5O3/c1-2-15-7(13)10-6-4(3-9-11-6)5(8)12-14/h3,14H,2H2,1H3,(H2,8,12)(H2,9,10,11,13). The number of rotatable bonds is 3. The van der Waals surface area contributed by atoms with E-state index in [4.69, 9.17) is 10.9 Å². The Balaban J connectivity index is 2.78. The van der Waals surface area contributed by atoms with Gasteiger partial charge in [-0.25, -0.2) is 4.79 Å². The number of hydrogen-bond acceptors (Lipinski definition) is 5. The molecule has 0 aromatic carbocycles. The molecule has 1 amide bonds. The summed E-state index contributed by atoms with van der Waals surface area (Å²) in [5, 5.41) is 19.7. The smallest absolute Gasteiger partial charge is 0.412 e. The lowest BCUT2D eigenvalue weighted by molar-refractivity contribution is 0.168. The number of oxime groups is 1. The van der Waals surface area contributed by atoms with Crippen LogP contribution in [0.3, 0.4) is 0 Å². The number of nitrogens with zero attached hydrogens (tertiary/aromatic N) is 2. The highest BCUT2D eigenvalue weighted by Crippen LogP contribution is 2.10. The second kappa shape index (κ2) is 4.84. The Morgan fingerprint density at radius 1 is 1.87 bits per heavy atom. The molecule has 0 fully saturated rings. The maximum absolute atomic E-state index is 11.0. The molecule has 0 unspecified atom stereocenters. The summed E-state index contributed by atoms with van der Waals surface area (Å²) in [6, 6.07) is 0. The van der Waals surface area contributed by atoms with E-state index in [0.29, 0.717) is 0 Å². The van der Waals surface area contributed by atoms with Gasteiger partial charge in [0.2, 0.25) is 0 Å². The van der Waals surface area contributed by atoms with Gasteiger partial charge < -0.3 is 15.7 Å². The molecule has 82 valence electrons. The molecule has 15 heavy (non-hydrogen) atoms. The van der Waals surface area contributed by atoms with Crippen LogP contribution in [0.5, 0.6) is 0 Å². The van der Waals surface area contributed by atoms with Crippen LogP contribution in [-0.4, -0.2) is 33.9 Å². The van der Waals surface area contributed by atoms with Crippen molar-refractivity contribution in [2.75, 3.05) is 11.9 Å². The fourth-order valence-electron chi connectivity index (χ4n) is 0.899. The summed E-state index contributed by atoms with van der Waals surface area (Å²) in [5.41, 5.74) is 5.62. The third-order valence-corrected chi connectivity index (χ3v) is 1.53. The topological polar surface area (TPSA) is 126 Å². The highest BCUT2D eigenvalue weighted by Gasteiger charge is 2.12. The fourth-order valence-corrected chi connectivity index (χ4v) is 0.899. The highest BCUT2D eigenvalue weighted by atomic mass is 16.5. The van der Waals surface area contributed by atoms with Gasteiger partial charge in [0.05, 0.1) is 18.4 Å². The van der Waals surface area contributed by atoms with E-state index in [1.807, 2.05) is 0 Å². The van der Waals surface area contributed by atoms with Crippen LogP contribution in [0, 0.1) is 0 Å². The number of nitrogens with two attached hydrogens (primary N) is 1. The molecular formula is C7H11N5O3. The zero-order valence-electron chi connectivity index (χ0n) is 8.02. The lowest BCUT2D eigenvalue weighted by atomic mass is 10.3. The van der Waals surface area contributed by atoms with E-state index >= 15 is 0 Å². The summed E-state index contributed by atoms with van der Waals surface area (Å²) in [5.74, 6) is 0.0549. The molecule has 1 rings (SSSR count). The molecule has 0 saturated heterocycles. The van der Waals surface area contributed by atoms with Crippen LogP contribution in [0.4, 0.5) is 10.6 Å². The molecule has 1 heterocycles. The molecular weight excluding hydrogens is 202 g/mol. The second-order valence-electron chi connectivity index (χ2n) is 2.49. The van der Waals surface area contributed by atoms with E-state index in [2.05, 4.69) is 25.4 Å². The van der Waals surface area contributed by atoms with Gasteiger partial charge in [0.1, 0.15) is 5.82 Å². The average molecular weight is 213 g/mol. The minimum absolute atomic E-state index is 0.157. The van der Waals surface area contributed by atoms with Gasteiger partial charge in [-0.1, -0.05) is 5.16 Å². The number of amides is 1. The van der Waals surface area contributed by atoms with Crippen molar-refractivity contribution in [3.05, 3.63) is 11.8 Å². The van der Waals surface area contributed by atoms with Crippen LogP contribution < -0.4 is 11.1 Å². The summed E-state index contributed by atoms with van der Waals surface area (Å²) in [6.07, 6.45) is 0.671. The van der Waals surface area contributed by atoms with Crippen molar-refractivity contribution in [1.29, 1.82) is 0 Å². The number of carbonyl (C=O) groups excluding carboxylic acids is 1. The molecule has 0 aliphatic rings. The molecule has 0 spiro atoms. The zero-order chi connectivity index (χ0) is 11.3. The van der Waals surface area contributed by atoms with Crippen molar-refractivity contribution in [1.82, 2.24) is 10.2 Å². The van der Waals surface area contributed by atoms with Crippen molar-refractivity contribution >= 4 is 17.7 Å². The van der Waals surface area contributed by atoms with E-state index in [9.17, 15) is 4.79 Å². The molecule has 0 radical (unpaired) electrons. The summed E-state index contributed by atoms with van der Waals surface area (Å²) in [7, 11) is 0. The molecule has 0 saturated carbocycles. The second-order valence-corrected chi connectivity index (χ2v) is 2.49. The number of ether oxygens (including phenoxy) is 1. The normalized spacial score (nSPS) is 11.1. The van der Waals surface area contributed by atoms with Crippen LogP contribution in [0.2, 0.25) is 0 Å². The van der Waals surface area contributed by atoms with E-state index in [0.717, 1.165) is 0 Å². The first-order valence-corrected chi connectivity index (χ1v) is 4.14. The predicted octanol–water partition coefficient (Wildman–Crippen LogP) is 0.0726. The monoisotopic (exact) mass is 213 g/mol. The van der Waals surface area contributed by atoms with Gasteiger partial charge >= 0.3 is 6.09 Å². The van der Waals surface area contributed by atoms with Crippen molar-refractivity contribution in [2.24, 2.45) is 10.9 Å². The number of carbonyl (C=O) groups is 1. The van der Waals surface area contributed by atoms with E-state index in [1.165, 1.54) is 6.20 Å². The number of aromatic amines is 1. The lowest BCUT2D eigenvalue weighted by Gasteiger charge is -2.04. The number of anilines is 1. The van der Waals surface area contributed by atoms with Crippen LogP contribution in [-0.2, 0) is 4.74 Å². The van der Waals surface area contributed by atoms with Crippen LogP contribution >= 0.6 is 0 Å². The van der Waals surface area contributed by atoms with Crippen LogP contribution in [0.1, 0.15) is 12.5 Å². The first-order valence-electron chi connectivity index (χ1n) is 4.14. The number of H-pyrrole nitrogens is 1. The van der Waals surface area contributed by atoms with Crippen LogP contribution in [0.25, 0.3) is 0 Å². The van der Waals surface area contributed by atoms with Gasteiger partial charge in [0.25, 0.3) is 0 Å². The largest absolute Gasteiger partial charge is 0.450 e. The number of hydrogen-bond donors (Lipinski definition) is 4. The highest BCUT2D eigenvalue weighted by molar-refractivity contribution is 6.03. The number of amidine groups is 1. The fraction of sp³-hybridized carbons (Fsp3) is 0.286. The number of nitrogens with one attached hydrogen (secondary N) is 2. The maximum atomic E-state index is 11.0. The molecule has 8 nitrogen and oxygen atoms in total. The molecule has 0 aliphatic heterocycles. The first kappa shape index (κ1) is 10.8. The van der Waals surface area contributed by atoms with Crippen molar-refractivity contribution in [3.63, 3.8) is 0 Å². The van der Waals surface area contributed by atoms with Crippen LogP contribution in [0.15, 0.2) is 11.4 Å². The lowest BCUT2D eigenvalue weighted by Crippen LogP contribution is -2.19. The Labute approximate surface area is 85.1 Å². The Morgan fingerprint density at radius 2 is 2.60 bits per heavy atom. The van der Waals surface area contributed by atoms with Gasteiger partial charge in [-0.2, -0.15) is 5.10 Å². The van der Waals surface area contributed by atoms with E-state index < -0.39 is 6.09 Å². The van der Waals surface area contributed by atoms with Crippen molar-refractivity contribution in [2.45, 2.75) is 6.92 Å². The first-order chi connectivity index (χ1) is 7.19. The predicted molar refractivity (Wildman–Crippen MR) is 51.7 cm³/mol. The summed E-state index contributed by atoms with van der Waals surface area (Å²) >= 11 is 0. The van der Waals surface area contributed by atoms with Crippen molar-refractivity contribution in [3.8, 4) is 0 Å². The quantitative estimate of drug-likeness (QED) is 0.245. The molecule has 5 N–H and O–H groups in total. The van der Waals surface area contributed by atoms with Crippen molar-refractivity contribution < 1.29 is 14.7 Å². The van der Waals surface area contributed by atoms with Gasteiger partial charge in [-0.15, -0.1) is 0 Å². The minimum Gasteiger partial charge on any atom is -0.450 e. The molecule has 1 aromatic rings. The summed E-state index contributed by atoms with van der Waals surface area (Å²) in [6.45, 7) is 1.93. The molecule has 1 aromatic heterocycles. The Hall–Kier alpha value is -2.25. The zero-order valence-corrected chi connectivity index (χ0v) is 8.02. The SMILES string of the molecule is CCOC(=O)Nc1[nH]ncc1C(N)=NO. The maximum Gasteiger partial charge on any atom is 0.412 e. The van der Waals surface area contributed by atoms with Gasteiger partial charge in [-0.3, -0.25) is 10.4 Å². The van der Waals surface area contributed by atoms with E-state index in [1.54, 1.807) is 6.92 Å². The average Bonchev–Trinajstić information content (AvgIpc) is 2.65. The van der Waals surface area contributed by atoms with Gasteiger partial charge in [-0.05, 0) is 6.92 Å². The Bertz CT molecular complexity index is 372. The summed E-state index contributed by atoms with van der Waals surface area (Å²) < 4.78 is 4.64. The summed E-state index contributed by atoms with van der Waals surface area (Å²) in [4.78, 5) is 11.0. The van der Waals surface area contributed by atoms with Gasteiger partial charge in [0, 0.05) is 0 Å². The molecule has 0 aliphatic carbocycles. The van der Waals surface area contributed by atoms with E-state index in [-0.39, 0.29) is 23.8 Å². The third kappa shape index (κ3) is 2.59. The Morgan fingerprint density at radius 3 is 3.20 bits per heavy atom. The molecule has 0 bridgehead atoms. The molecule has 0 atom stereocenters. The number of aromatic nitrogens is 2.